The monoisotopic (exact) mass is 391 g/mol. The van der Waals surface area contributed by atoms with E-state index < -0.39 is 18.5 Å². The standard InChI is InChI=1S/C17H14F2NO2.Y/c1-2-3-11-22-14-9-7-13(8-10-14)15-5-4-6-17(21)20(15)12-16(18)19;/h4,6-10,16H,11-12H2,1H3;/q-1;. The Balaban J connectivity index is 0.00000264. The minimum absolute atomic E-state index is 0. The van der Waals surface area contributed by atoms with Crippen molar-refractivity contribution in [2.75, 3.05) is 6.61 Å². The van der Waals surface area contributed by atoms with Crippen LogP contribution in [0.25, 0.3) is 11.3 Å². The van der Waals surface area contributed by atoms with E-state index in [-0.39, 0.29) is 39.3 Å². The molecule has 0 saturated heterocycles. The number of nitrogens with zero attached hydrogens (tertiary/aromatic N) is 1. The van der Waals surface area contributed by atoms with E-state index in [0.717, 1.165) is 4.57 Å². The van der Waals surface area contributed by atoms with Gasteiger partial charge in [-0.25, -0.2) is 8.78 Å². The van der Waals surface area contributed by atoms with Gasteiger partial charge in [0.2, 0.25) is 0 Å². The van der Waals surface area contributed by atoms with Crippen LogP contribution in [0.2, 0.25) is 0 Å². The van der Waals surface area contributed by atoms with Crippen LogP contribution < -0.4 is 10.3 Å². The first kappa shape index (κ1) is 19.5. The van der Waals surface area contributed by atoms with Crippen molar-refractivity contribution in [3.63, 3.8) is 0 Å². The van der Waals surface area contributed by atoms with E-state index in [4.69, 9.17) is 4.74 Å². The average molecular weight is 391 g/mol. The van der Waals surface area contributed by atoms with Gasteiger partial charge >= 0.3 is 0 Å². The third-order valence-electron chi connectivity index (χ3n) is 2.92. The van der Waals surface area contributed by atoms with Gasteiger partial charge < -0.3 is 9.30 Å². The molecule has 0 unspecified atom stereocenters. The first-order chi connectivity index (χ1) is 10.6. The molecule has 1 heterocycles. The molecule has 6 heteroatoms. The summed E-state index contributed by atoms with van der Waals surface area (Å²) >= 11 is 0. The van der Waals surface area contributed by atoms with Crippen molar-refractivity contribution >= 4 is 0 Å². The maximum atomic E-state index is 12.6. The third kappa shape index (κ3) is 5.56. The molecule has 0 aliphatic heterocycles. The topological polar surface area (TPSA) is 31.2 Å². The molecule has 1 radical (unpaired) electrons. The minimum atomic E-state index is -2.61. The van der Waals surface area contributed by atoms with Gasteiger partial charge in [-0.3, -0.25) is 4.79 Å². The van der Waals surface area contributed by atoms with Crippen molar-refractivity contribution in [3.8, 4) is 28.8 Å². The summed E-state index contributed by atoms with van der Waals surface area (Å²) in [5.74, 6) is 6.11. The van der Waals surface area contributed by atoms with Gasteiger partial charge in [0.05, 0.1) is 6.54 Å². The summed E-state index contributed by atoms with van der Waals surface area (Å²) in [7, 11) is 0. The zero-order chi connectivity index (χ0) is 15.9. The first-order valence-electron chi connectivity index (χ1n) is 6.64. The van der Waals surface area contributed by atoms with Gasteiger partial charge in [0.25, 0.3) is 6.43 Å². The van der Waals surface area contributed by atoms with E-state index in [1.165, 1.54) is 12.1 Å². The predicted octanol–water partition coefficient (Wildman–Crippen LogP) is 2.98. The number of rotatable bonds is 5. The second-order valence-corrected chi connectivity index (χ2v) is 4.41. The summed E-state index contributed by atoms with van der Waals surface area (Å²) in [6.45, 7) is 1.35. The van der Waals surface area contributed by atoms with Crippen LogP contribution in [0.4, 0.5) is 8.78 Å². The summed E-state index contributed by atoms with van der Waals surface area (Å²) in [6, 6.07) is 12.3. The van der Waals surface area contributed by atoms with Gasteiger partial charge in [0.1, 0.15) is 12.4 Å². The Kier molecular flexibility index (Phi) is 8.15. The normalized spacial score (nSPS) is 9.74. The van der Waals surface area contributed by atoms with Crippen LogP contribution in [0, 0.1) is 17.9 Å². The first-order valence-corrected chi connectivity index (χ1v) is 6.64. The number of aromatic nitrogens is 1. The van der Waals surface area contributed by atoms with Crippen LogP contribution >= 0.6 is 0 Å². The minimum Gasteiger partial charge on any atom is -0.481 e. The number of halogens is 2. The maximum absolute atomic E-state index is 12.6. The SMILES string of the molecule is CC#CCOc1ccc(-c2[c-]ccc(=O)n2CC(F)F)cc1.[Y]. The van der Waals surface area contributed by atoms with Crippen molar-refractivity contribution in [3.05, 3.63) is 52.8 Å². The number of benzene rings is 1. The van der Waals surface area contributed by atoms with Crippen LogP contribution in [0.5, 0.6) is 5.75 Å². The molecule has 0 spiro atoms. The van der Waals surface area contributed by atoms with E-state index in [9.17, 15) is 13.6 Å². The van der Waals surface area contributed by atoms with E-state index >= 15 is 0 Å². The van der Waals surface area contributed by atoms with Gasteiger partial charge in [-0.2, -0.15) is 12.1 Å². The number of ether oxygens (including phenoxy) is 1. The van der Waals surface area contributed by atoms with Crippen molar-refractivity contribution in [2.45, 2.75) is 19.9 Å². The zero-order valence-electron chi connectivity index (χ0n) is 12.6. The van der Waals surface area contributed by atoms with Crippen LogP contribution in [-0.2, 0) is 39.3 Å². The van der Waals surface area contributed by atoms with Crippen LogP contribution in [-0.4, -0.2) is 17.6 Å². The Hall–Kier alpha value is -1.51. The third-order valence-corrected chi connectivity index (χ3v) is 2.92. The van der Waals surface area contributed by atoms with E-state index in [1.807, 2.05) is 0 Å². The quantitative estimate of drug-likeness (QED) is 0.580. The molecule has 0 atom stereocenters. The van der Waals surface area contributed by atoms with Crippen molar-refractivity contribution in [1.82, 2.24) is 4.57 Å². The van der Waals surface area contributed by atoms with Crippen molar-refractivity contribution in [2.24, 2.45) is 0 Å². The van der Waals surface area contributed by atoms with Crippen molar-refractivity contribution in [1.29, 1.82) is 0 Å². The molecule has 0 aliphatic rings. The predicted molar refractivity (Wildman–Crippen MR) is 79.9 cm³/mol. The fraction of sp³-hybridized carbons (Fsp3) is 0.235. The summed E-state index contributed by atoms with van der Waals surface area (Å²) in [4.78, 5) is 11.8. The van der Waals surface area contributed by atoms with Gasteiger partial charge in [0.15, 0.2) is 5.56 Å². The Morgan fingerprint density at radius 1 is 1.26 bits per heavy atom. The molecule has 117 valence electrons. The molecule has 0 fully saturated rings. The summed E-state index contributed by atoms with van der Waals surface area (Å²) in [5, 5.41) is 0. The fourth-order valence-electron chi connectivity index (χ4n) is 1.93. The van der Waals surface area contributed by atoms with Crippen LogP contribution in [0.3, 0.4) is 0 Å². The van der Waals surface area contributed by atoms with Gasteiger partial charge in [-0.15, -0.1) is 18.1 Å². The molecule has 0 aliphatic carbocycles. The number of hydrogen-bond acceptors (Lipinski definition) is 2. The van der Waals surface area contributed by atoms with Crippen LogP contribution in [0.1, 0.15) is 6.92 Å². The summed E-state index contributed by atoms with van der Waals surface area (Å²) in [6.07, 6.45) is -2.61. The second kappa shape index (κ2) is 9.59. The molecule has 0 amide bonds. The van der Waals surface area contributed by atoms with Gasteiger partial charge in [0, 0.05) is 32.7 Å². The molecule has 0 saturated carbocycles. The summed E-state index contributed by atoms with van der Waals surface area (Å²) in [5.41, 5.74) is 0.465. The van der Waals surface area contributed by atoms with E-state index in [1.54, 1.807) is 31.2 Å². The van der Waals surface area contributed by atoms with E-state index in [2.05, 4.69) is 17.9 Å². The Morgan fingerprint density at radius 2 is 1.96 bits per heavy atom. The molecular formula is C17H14F2NO2Y-. The van der Waals surface area contributed by atoms with Gasteiger partial charge in [-0.1, -0.05) is 23.2 Å². The summed E-state index contributed by atoms with van der Waals surface area (Å²) < 4.78 is 31.7. The van der Waals surface area contributed by atoms with Crippen molar-refractivity contribution < 1.29 is 46.2 Å². The number of pyridine rings is 1. The van der Waals surface area contributed by atoms with Crippen LogP contribution in [0.15, 0.2) is 41.2 Å². The molecule has 0 bridgehead atoms. The largest absolute Gasteiger partial charge is 0.481 e. The average Bonchev–Trinajstić information content (AvgIpc) is 2.50. The van der Waals surface area contributed by atoms with E-state index in [0.29, 0.717) is 17.0 Å². The number of hydrogen-bond donors (Lipinski definition) is 0. The second-order valence-electron chi connectivity index (χ2n) is 4.41. The number of alkyl halides is 2. The molecule has 2 rings (SSSR count). The Morgan fingerprint density at radius 3 is 2.57 bits per heavy atom. The smallest absolute Gasteiger partial charge is 0.256 e. The molecule has 3 nitrogen and oxygen atoms in total. The molecule has 2 aromatic rings. The molecule has 1 aromatic heterocycles. The molecule has 0 N–H and O–H groups in total. The fourth-order valence-corrected chi connectivity index (χ4v) is 1.93. The Labute approximate surface area is 158 Å². The molecule has 23 heavy (non-hydrogen) atoms. The molecular weight excluding hydrogens is 377 g/mol. The maximum Gasteiger partial charge on any atom is 0.256 e. The zero-order valence-corrected chi connectivity index (χ0v) is 15.4. The Bertz CT molecular complexity index is 746. The molecule has 1 aromatic carbocycles. The van der Waals surface area contributed by atoms with Gasteiger partial charge in [-0.05, 0) is 19.1 Å².